The van der Waals surface area contributed by atoms with Gasteiger partial charge < -0.3 is 9.47 Å². The summed E-state index contributed by atoms with van der Waals surface area (Å²) < 4.78 is 12.4. The average molecular weight is 486 g/mol. The van der Waals surface area contributed by atoms with Gasteiger partial charge in [0, 0.05) is 7.26 Å². The molecule has 1 rings (SSSR count). The highest BCUT2D eigenvalue weighted by Gasteiger charge is 2.43. The van der Waals surface area contributed by atoms with Crippen molar-refractivity contribution in [3.8, 4) is 0 Å². The highest BCUT2D eigenvalue weighted by molar-refractivity contribution is 7.75. The predicted molar refractivity (Wildman–Crippen MR) is 151 cm³/mol. The van der Waals surface area contributed by atoms with Crippen molar-refractivity contribution in [2.45, 2.75) is 162 Å². The zero-order valence-electron chi connectivity index (χ0n) is 23.6. The number of rotatable bonds is 23. The minimum Gasteiger partial charge on any atom is -0.348 e. The summed E-state index contributed by atoms with van der Waals surface area (Å²) in [7, 11) is -0.973. The van der Waals surface area contributed by atoms with Crippen LogP contribution in [0.4, 0.5) is 0 Å². The van der Waals surface area contributed by atoms with E-state index in [9.17, 15) is 0 Å². The molecule has 0 aliphatic carbocycles. The van der Waals surface area contributed by atoms with Crippen molar-refractivity contribution in [3.05, 3.63) is 0 Å². The molecule has 0 amide bonds. The van der Waals surface area contributed by atoms with Crippen LogP contribution in [-0.2, 0) is 9.47 Å². The van der Waals surface area contributed by atoms with Crippen LogP contribution in [0.2, 0.25) is 0 Å². The summed E-state index contributed by atoms with van der Waals surface area (Å²) in [5.41, 5.74) is 0. The molecule has 0 spiro atoms. The maximum Gasteiger partial charge on any atom is 0.163 e. The second-order valence-electron chi connectivity index (χ2n) is 11.4. The SMILES string of the molecule is CCCCCCCC[P+](CCCCCCCC)(CCCCCCCC)CC1COC(C)(C)O1. The molecule has 2 nitrogen and oxygen atoms in total. The van der Waals surface area contributed by atoms with Gasteiger partial charge in [-0.1, -0.05) is 97.8 Å². The number of hydrogen-bond acceptors (Lipinski definition) is 2. The normalized spacial score (nSPS) is 18.3. The molecule has 1 unspecified atom stereocenters. The molecule has 0 aromatic heterocycles. The minimum atomic E-state index is -0.973. The van der Waals surface area contributed by atoms with Crippen molar-refractivity contribution in [2.75, 3.05) is 31.3 Å². The third kappa shape index (κ3) is 15.9. The molecule has 0 N–H and O–H groups in total. The molecule has 33 heavy (non-hydrogen) atoms. The molecule has 1 heterocycles. The molecular weight excluding hydrogens is 423 g/mol. The summed E-state index contributed by atoms with van der Waals surface area (Å²) in [5.74, 6) is -0.374. The minimum absolute atomic E-state index is 0.341. The molecular formula is C30H62O2P+. The fraction of sp³-hybridized carbons (Fsp3) is 1.00. The van der Waals surface area contributed by atoms with E-state index in [1.54, 1.807) is 0 Å². The van der Waals surface area contributed by atoms with Crippen LogP contribution >= 0.6 is 7.26 Å². The smallest absolute Gasteiger partial charge is 0.163 e. The Morgan fingerprint density at radius 2 is 0.939 bits per heavy atom. The largest absolute Gasteiger partial charge is 0.348 e. The van der Waals surface area contributed by atoms with Crippen LogP contribution in [0.1, 0.15) is 150 Å². The Morgan fingerprint density at radius 1 is 0.576 bits per heavy atom. The summed E-state index contributed by atoms with van der Waals surface area (Å²) in [6.07, 6.45) is 31.9. The summed E-state index contributed by atoms with van der Waals surface area (Å²) in [4.78, 5) is 0. The van der Waals surface area contributed by atoms with E-state index in [0.29, 0.717) is 6.10 Å². The van der Waals surface area contributed by atoms with Crippen LogP contribution in [-0.4, -0.2) is 43.1 Å². The highest BCUT2D eigenvalue weighted by atomic mass is 31.2. The quantitative estimate of drug-likeness (QED) is 0.106. The van der Waals surface area contributed by atoms with Gasteiger partial charge >= 0.3 is 0 Å². The number of hydrogen-bond donors (Lipinski definition) is 0. The molecule has 0 saturated carbocycles. The Balaban J connectivity index is 2.69. The van der Waals surface area contributed by atoms with E-state index >= 15 is 0 Å². The lowest BCUT2D eigenvalue weighted by atomic mass is 10.1. The van der Waals surface area contributed by atoms with E-state index in [2.05, 4.69) is 34.6 Å². The van der Waals surface area contributed by atoms with Crippen molar-refractivity contribution in [1.82, 2.24) is 0 Å². The van der Waals surface area contributed by atoms with Gasteiger partial charge in [0.15, 0.2) is 5.79 Å². The second-order valence-corrected chi connectivity index (χ2v) is 15.8. The van der Waals surface area contributed by atoms with E-state index in [4.69, 9.17) is 9.47 Å². The first-order valence-electron chi connectivity index (χ1n) is 15.1. The van der Waals surface area contributed by atoms with Crippen LogP contribution in [0.25, 0.3) is 0 Å². The van der Waals surface area contributed by atoms with Crippen LogP contribution < -0.4 is 0 Å². The van der Waals surface area contributed by atoms with E-state index < -0.39 is 7.26 Å². The lowest BCUT2D eigenvalue weighted by Crippen LogP contribution is -2.26. The van der Waals surface area contributed by atoms with Crippen molar-refractivity contribution in [2.24, 2.45) is 0 Å². The molecule has 1 atom stereocenters. The van der Waals surface area contributed by atoms with Crippen LogP contribution in [0.5, 0.6) is 0 Å². The molecule has 0 aromatic carbocycles. The summed E-state index contributed by atoms with van der Waals surface area (Å²) in [6.45, 7) is 12.0. The highest BCUT2D eigenvalue weighted by Crippen LogP contribution is 2.62. The Hall–Kier alpha value is 0.350. The first-order valence-corrected chi connectivity index (χ1v) is 17.7. The van der Waals surface area contributed by atoms with Gasteiger partial charge in [-0.05, 0) is 52.4 Å². The summed E-state index contributed by atoms with van der Waals surface area (Å²) in [5, 5.41) is 0. The van der Waals surface area contributed by atoms with Crippen LogP contribution in [0, 0.1) is 0 Å². The second kappa shape index (κ2) is 19.5. The summed E-state index contributed by atoms with van der Waals surface area (Å²) >= 11 is 0. The van der Waals surface area contributed by atoms with Crippen molar-refractivity contribution < 1.29 is 9.47 Å². The lowest BCUT2D eigenvalue weighted by molar-refractivity contribution is -0.135. The molecule has 198 valence electrons. The summed E-state index contributed by atoms with van der Waals surface area (Å²) in [6, 6.07) is 0. The zero-order valence-corrected chi connectivity index (χ0v) is 24.5. The van der Waals surface area contributed by atoms with Gasteiger partial charge in [-0.3, -0.25) is 0 Å². The first kappa shape index (κ1) is 31.4. The van der Waals surface area contributed by atoms with Gasteiger partial charge in [-0.25, -0.2) is 0 Å². The van der Waals surface area contributed by atoms with Gasteiger partial charge in [0.25, 0.3) is 0 Å². The predicted octanol–water partition coefficient (Wildman–Crippen LogP) is 10.2. The molecule has 1 aliphatic rings. The van der Waals surface area contributed by atoms with Gasteiger partial charge in [0.1, 0.15) is 6.10 Å². The van der Waals surface area contributed by atoms with Crippen molar-refractivity contribution >= 4 is 7.26 Å². The van der Waals surface area contributed by atoms with E-state index in [0.717, 1.165) is 6.61 Å². The van der Waals surface area contributed by atoms with E-state index in [-0.39, 0.29) is 5.79 Å². The Morgan fingerprint density at radius 3 is 1.27 bits per heavy atom. The molecule has 1 saturated heterocycles. The van der Waals surface area contributed by atoms with Crippen molar-refractivity contribution in [1.29, 1.82) is 0 Å². The van der Waals surface area contributed by atoms with E-state index in [1.165, 1.54) is 140 Å². The maximum atomic E-state index is 6.39. The maximum absolute atomic E-state index is 6.39. The fourth-order valence-electron chi connectivity index (χ4n) is 5.58. The van der Waals surface area contributed by atoms with Gasteiger partial charge in [-0.15, -0.1) is 0 Å². The van der Waals surface area contributed by atoms with Crippen molar-refractivity contribution in [3.63, 3.8) is 0 Å². The number of unbranched alkanes of at least 4 members (excludes halogenated alkanes) is 15. The Labute approximate surface area is 210 Å². The third-order valence-corrected chi connectivity index (χ3v) is 12.6. The van der Waals surface area contributed by atoms with Crippen LogP contribution in [0.3, 0.4) is 0 Å². The fourth-order valence-corrected chi connectivity index (χ4v) is 10.5. The molecule has 0 radical (unpaired) electrons. The van der Waals surface area contributed by atoms with Gasteiger partial charge in [-0.2, -0.15) is 0 Å². The lowest BCUT2D eigenvalue weighted by Gasteiger charge is -2.30. The zero-order chi connectivity index (χ0) is 24.3. The standard InChI is InChI=1S/C30H62O2P/c1-6-9-12-15-18-21-24-33(25-22-19-16-13-10-7-2,26-23-20-17-14-11-8-3)28-29-27-31-30(4,5)32-29/h29H,6-28H2,1-5H3/q+1. The monoisotopic (exact) mass is 485 g/mol. The molecule has 0 aromatic rings. The molecule has 1 aliphatic heterocycles. The third-order valence-electron chi connectivity index (χ3n) is 7.62. The number of ether oxygens (including phenoxy) is 2. The van der Waals surface area contributed by atoms with E-state index in [1.807, 2.05) is 0 Å². The first-order chi connectivity index (χ1) is 16.0. The van der Waals surface area contributed by atoms with Gasteiger partial charge in [0.2, 0.25) is 0 Å². The molecule has 3 heteroatoms. The van der Waals surface area contributed by atoms with Gasteiger partial charge in [0.05, 0.1) is 31.3 Å². The Kier molecular flexibility index (Phi) is 18.6. The topological polar surface area (TPSA) is 18.5 Å². The molecule has 0 bridgehead atoms. The van der Waals surface area contributed by atoms with Crippen LogP contribution in [0.15, 0.2) is 0 Å². The molecule has 1 fully saturated rings. The Bertz CT molecular complexity index is 396. The average Bonchev–Trinajstić information content (AvgIpc) is 3.13.